The van der Waals surface area contributed by atoms with Crippen molar-refractivity contribution >= 4 is 15.9 Å². The van der Waals surface area contributed by atoms with E-state index in [-0.39, 0.29) is 24.2 Å². The van der Waals surface area contributed by atoms with E-state index in [1.54, 1.807) is 18.2 Å². The highest BCUT2D eigenvalue weighted by molar-refractivity contribution is 9.10. The third-order valence-corrected chi connectivity index (χ3v) is 3.08. The molecule has 0 radical (unpaired) electrons. The molecule has 2 aromatic carbocycles. The van der Waals surface area contributed by atoms with Gasteiger partial charge in [0.1, 0.15) is 6.61 Å². The zero-order chi connectivity index (χ0) is 13.0. The summed E-state index contributed by atoms with van der Waals surface area (Å²) < 4.78 is 19.7. The van der Waals surface area contributed by atoms with Crippen LogP contribution in [0.15, 0.2) is 53.0 Å². The van der Waals surface area contributed by atoms with E-state index >= 15 is 0 Å². The number of nitrogens with two attached hydrogens (primary N) is 1. The molecule has 0 aliphatic heterocycles. The van der Waals surface area contributed by atoms with Gasteiger partial charge >= 0.3 is 0 Å². The molecule has 2 aromatic rings. The van der Waals surface area contributed by atoms with Gasteiger partial charge in [0.25, 0.3) is 0 Å². The van der Waals surface area contributed by atoms with Crippen LogP contribution in [0.3, 0.4) is 0 Å². The van der Waals surface area contributed by atoms with E-state index < -0.39 is 0 Å². The summed E-state index contributed by atoms with van der Waals surface area (Å²) in [4.78, 5) is 0. The zero-order valence-electron chi connectivity index (χ0n) is 9.64. The summed E-state index contributed by atoms with van der Waals surface area (Å²) in [6.07, 6.45) is 0. The number of rotatable bonds is 4. The van der Waals surface area contributed by atoms with Crippen LogP contribution in [0.5, 0.6) is 5.75 Å². The molecule has 0 bridgehead atoms. The highest BCUT2D eigenvalue weighted by atomic mass is 79.9. The maximum atomic E-state index is 13.3. The topological polar surface area (TPSA) is 35.2 Å². The van der Waals surface area contributed by atoms with Gasteiger partial charge in [-0.25, -0.2) is 4.39 Å². The van der Waals surface area contributed by atoms with Gasteiger partial charge in [-0.2, -0.15) is 0 Å². The fraction of sp³-hybridized carbons (Fsp3) is 0.143. The van der Waals surface area contributed by atoms with Gasteiger partial charge in [0.2, 0.25) is 0 Å². The molecular formula is C14H13BrFNO. The lowest BCUT2D eigenvalue weighted by Gasteiger charge is -2.14. The largest absolute Gasteiger partial charge is 0.489 e. The standard InChI is InChI=1S/C14H13BrFNO/c15-11-7-5-10(6-8-11)13(17)9-18-14-4-2-1-3-12(14)16/h1-8,13H,9,17H2. The first kappa shape index (κ1) is 13.1. The highest BCUT2D eigenvalue weighted by Crippen LogP contribution is 2.19. The minimum absolute atomic E-state index is 0.227. The summed E-state index contributed by atoms with van der Waals surface area (Å²) >= 11 is 3.36. The molecule has 0 spiro atoms. The molecule has 0 aromatic heterocycles. The number of ether oxygens (including phenoxy) is 1. The SMILES string of the molecule is NC(COc1ccccc1F)c1ccc(Br)cc1. The molecule has 1 unspecified atom stereocenters. The van der Waals surface area contributed by atoms with Gasteiger partial charge < -0.3 is 10.5 Å². The molecule has 4 heteroatoms. The minimum atomic E-state index is -0.375. The smallest absolute Gasteiger partial charge is 0.165 e. The predicted octanol–water partition coefficient (Wildman–Crippen LogP) is 3.67. The van der Waals surface area contributed by atoms with E-state index in [0.29, 0.717) is 0 Å². The lowest BCUT2D eigenvalue weighted by molar-refractivity contribution is 0.277. The van der Waals surface area contributed by atoms with Crippen LogP contribution in [0.25, 0.3) is 0 Å². The second-order valence-electron chi connectivity index (χ2n) is 3.90. The Morgan fingerprint density at radius 3 is 2.44 bits per heavy atom. The summed E-state index contributed by atoms with van der Waals surface area (Å²) in [5.74, 6) is -0.148. The number of hydrogen-bond donors (Lipinski definition) is 1. The first-order chi connectivity index (χ1) is 8.66. The predicted molar refractivity (Wildman–Crippen MR) is 73.0 cm³/mol. The second-order valence-corrected chi connectivity index (χ2v) is 4.82. The van der Waals surface area contributed by atoms with Crippen molar-refractivity contribution in [2.75, 3.05) is 6.61 Å². The third kappa shape index (κ3) is 3.31. The average Bonchev–Trinajstić information content (AvgIpc) is 2.38. The van der Waals surface area contributed by atoms with Gasteiger partial charge in [-0.15, -0.1) is 0 Å². The van der Waals surface area contributed by atoms with E-state index in [9.17, 15) is 4.39 Å². The Labute approximate surface area is 114 Å². The molecule has 2 rings (SSSR count). The Bertz CT molecular complexity index is 515. The summed E-state index contributed by atoms with van der Waals surface area (Å²) in [6, 6.07) is 13.7. The van der Waals surface area contributed by atoms with Crippen LogP contribution in [-0.4, -0.2) is 6.61 Å². The molecule has 94 valence electrons. The van der Waals surface area contributed by atoms with E-state index in [1.165, 1.54) is 6.07 Å². The molecule has 1 atom stereocenters. The van der Waals surface area contributed by atoms with Crippen molar-refractivity contribution in [2.45, 2.75) is 6.04 Å². The van der Waals surface area contributed by atoms with Crippen LogP contribution in [0.4, 0.5) is 4.39 Å². The maximum Gasteiger partial charge on any atom is 0.165 e. The Morgan fingerprint density at radius 1 is 1.11 bits per heavy atom. The van der Waals surface area contributed by atoms with Gasteiger partial charge in [-0.3, -0.25) is 0 Å². The normalized spacial score (nSPS) is 12.2. The highest BCUT2D eigenvalue weighted by Gasteiger charge is 2.08. The van der Waals surface area contributed by atoms with Crippen molar-refractivity contribution in [3.05, 3.63) is 64.4 Å². The van der Waals surface area contributed by atoms with Crippen LogP contribution >= 0.6 is 15.9 Å². The number of halogens is 2. The minimum Gasteiger partial charge on any atom is -0.489 e. The quantitative estimate of drug-likeness (QED) is 0.935. The van der Waals surface area contributed by atoms with Crippen LogP contribution < -0.4 is 10.5 Å². The fourth-order valence-electron chi connectivity index (χ4n) is 1.55. The van der Waals surface area contributed by atoms with Crippen molar-refractivity contribution < 1.29 is 9.13 Å². The van der Waals surface area contributed by atoms with E-state index in [2.05, 4.69) is 15.9 Å². The van der Waals surface area contributed by atoms with Crippen molar-refractivity contribution in [3.8, 4) is 5.75 Å². The first-order valence-corrected chi connectivity index (χ1v) is 6.34. The van der Waals surface area contributed by atoms with Gasteiger partial charge in [-0.1, -0.05) is 40.2 Å². The zero-order valence-corrected chi connectivity index (χ0v) is 11.2. The molecule has 18 heavy (non-hydrogen) atoms. The number of benzene rings is 2. The van der Waals surface area contributed by atoms with Crippen LogP contribution in [0, 0.1) is 5.82 Å². The van der Waals surface area contributed by atoms with Crippen molar-refractivity contribution in [1.29, 1.82) is 0 Å². The Balaban J connectivity index is 1.98. The van der Waals surface area contributed by atoms with Crippen molar-refractivity contribution in [3.63, 3.8) is 0 Å². The molecule has 0 amide bonds. The van der Waals surface area contributed by atoms with Gasteiger partial charge in [0, 0.05) is 4.47 Å². The molecule has 0 saturated carbocycles. The summed E-state index contributed by atoms with van der Waals surface area (Å²) in [5, 5.41) is 0. The molecule has 0 fully saturated rings. The van der Waals surface area contributed by atoms with Crippen molar-refractivity contribution in [2.24, 2.45) is 5.73 Å². The van der Waals surface area contributed by atoms with Crippen LogP contribution in [-0.2, 0) is 0 Å². The second kappa shape index (κ2) is 5.98. The molecule has 0 aliphatic rings. The van der Waals surface area contributed by atoms with Crippen LogP contribution in [0.2, 0.25) is 0 Å². The molecule has 0 heterocycles. The lowest BCUT2D eigenvalue weighted by Crippen LogP contribution is -2.19. The molecule has 2 nitrogen and oxygen atoms in total. The Morgan fingerprint density at radius 2 is 1.78 bits per heavy atom. The monoisotopic (exact) mass is 309 g/mol. The van der Waals surface area contributed by atoms with E-state index in [4.69, 9.17) is 10.5 Å². The van der Waals surface area contributed by atoms with E-state index in [0.717, 1.165) is 10.0 Å². The molecule has 0 saturated heterocycles. The summed E-state index contributed by atoms with van der Waals surface area (Å²) in [6.45, 7) is 0.239. The molecular weight excluding hydrogens is 297 g/mol. The maximum absolute atomic E-state index is 13.3. The number of para-hydroxylation sites is 1. The van der Waals surface area contributed by atoms with E-state index in [1.807, 2.05) is 24.3 Å². The average molecular weight is 310 g/mol. The van der Waals surface area contributed by atoms with Gasteiger partial charge in [-0.05, 0) is 29.8 Å². The fourth-order valence-corrected chi connectivity index (χ4v) is 1.81. The molecule has 2 N–H and O–H groups in total. The van der Waals surface area contributed by atoms with Gasteiger partial charge in [0.15, 0.2) is 11.6 Å². The van der Waals surface area contributed by atoms with Gasteiger partial charge in [0.05, 0.1) is 6.04 Å². The number of hydrogen-bond acceptors (Lipinski definition) is 2. The Kier molecular flexibility index (Phi) is 4.33. The first-order valence-electron chi connectivity index (χ1n) is 5.55. The summed E-state index contributed by atoms with van der Waals surface area (Å²) in [5.41, 5.74) is 6.93. The lowest BCUT2D eigenvalue weighted by atomic mass is 10.1. The summed E-state index contributed by atoms with van der Waals surface area (Å²) in [7, 11) is 0. The van der Waals surface area contributed by atoms with Crippen molar-refractivity contribution in [1.82, 2.24) is 0 Å². The third-order valence-electron chi connectivity index (χ3n) is 2.55. The Hall–Kier alpha value is -1.39. The van der Waals surface area contributed by atoms with Crippen LogP contribution in [0.1, 0.15) is 11.6 Å². The molecule has 0 aliphatic carbocycles.